The van der Waals surface area contributed by atoms with E-state index in [0.717, 1.165) is 10.0 Å². The van der Waals surface area contributed by atoms with Gasteiger partial charge in [0, 0.05) is 16.7 Å². The van der Waals surface area contributed by atoms with Crippen LogP contribution in [0.4, 0.5) is 5.82 Å². The molecule has 5 nitrogen and oxygen atoms in total. The highest BCUT2D eigenvalue weighted by atomic mass is 79.9. The summed E-state index contributed by atoms with van der Waals surface area (Å²) in [6, 6.07) is 1.30. The lowest BCUT2D eigenvalue weighted by molar-refractivity contribution is -0.140. The average molecular weight is 326 g/mol. The molecule has 0 aromatic carbocycles. The number of halogens is 1. The van der Waals surface area contributed by atoms with Gasteiger partial charge in [-0.25, -0.2) is 4.98 Å². The molecule has 0 saturated carbocycles. The Kier molecular flexibility index (Phi) is 3.89. The number of hydrogen-bond donors (Lipinski definition) is 1. The van der Waals surface area contributed by atoms with Crippen molar-refractivity contribution in [3.63, 3.8) is 0 Å². The zero-order valence-electron chi connectivity index (χ0n) is 11.1. The summed E-state index contributed by atoms with van der Waals surface area (Å²) in [6.07, 6.45) is 1.85. The fraction of sp³-hybridized carbons (Fsp3) is 0.462. The zero-order valence-corrected chi connectivity index (χ0v) is 12.7. The van der Waals surface area contributed by atoms with Gasteiger partial charge in [-0.1, -0.05) is 0 Å². The van der Waals surface area contributed by atoms with Crippen molar-refractivity contribution in [1.82, 2.24) is 9.88 Å². The Morgan fingerprint density at radius 1 is 1.47 bits per heavy atom. The van der Waals surface area contributed by atoms with Crippen molar-refractivity contribution < 1.29 is 9.59 Å². The van der Waals surface area contributed by atoms with Crippen LogP contribution >= 0.6 is 15.9 Å². The normalized spacial score (nSPS) is 19.4. The van der Waals surface area contributed by atoms with E-state index in [0.29, 0.717) is 5.82 Å². The minimum absolute atomic E-state index is 0.106. The molecule has 1 fully saturated rings. The van der Waals surface area contributed by atoms with Crippen LogP contribution in [0.5, 0.6) is 0 Å². The van der Waals surface area contributed by atoms with Gasteiger partial charge >= 0.3 is 0 Å². The number of carbonyl (C=O) groups is 2. The van der Waals surface area contributed by atoms with E-state index in [4.69, 9.17) is 0 Å². The molecule has 1 aromatic heterocycles. The number of carbonyl (C=O) groups excluding carboxylic acids is 2. The molecule has 2 amide bonds. The van der Waals surface area contributed by atoms with Gasteiger partial charge in [-0.2, -0.15) is 0 Å². The smallest absolute Gasteiger partial charge is 0.252 e. The third kappa shape index (κ3) is 2.78. The lowest BCUT2D eigenvalue weighted by Gasteiger charge is -2.19. The summed E-state index contributed by atoms with van der Waals surface area (Å²) in [5.74, 6) is 0.330. The summed E-state index contributed by atoms with van der Waals surface area (Å²) in [6.45, 7) is 5.57. The summed E-state index contributed by atoms with van der Waals surface area (Å²) >= 11 is 3.34. The number of aryl methyl sites for hydroxylation is 1. The van der Waals surface area contributed by atoms with Crippen LogP contribution < -0.4 is 5.32 Å². The van der Waals surface area contributed by atoms with E-state index in [9.17, 15) is 9.59 Å². The number of amides is 2. The minimum atomic E-state index is -0.512. The third-order valence-electron chi connectivity index (χ3n) is 3.06. The molecule has 1 aliphatic heterocycles. The molecule has 0 spiro atoms. The number of imide groups is 1. The van der Waals surface area contributed by atoms with Gasteiger partial charge in [-0.15, -0.1) is 0 Å². The summed E-state index contributed by atoms with van der Waals surface area (Å²) in [5, 5.41) is 3.06. The zero-order chi connectivity index (χ0) is 14.2. The lowest BCUT2D eigenvalue weighted by atomic mass is 10.2. The third-order valence-corrected chi connectivity index (χ3v) is 3.49. The molecule has 1 aliphatic rings. The standard InChI is InChI=1S/C13H16BrN3O2/c1-7(2)17-11(18)5-10(13(17)19)16-12-8(3)4-9(14)6-15-12/h4,6-7,10H,5H2,1-3H3,(H,15,16). The molecule has 6 heteroatoms. The van der Waals surface area contributed by atoms with E-state index < -0.39 is 6.04 Å². The van der Waals surface area contributed by atoms with Crippen molar-refractivity contribution in [2.75, 3.05) is 5.32 Å². The van der Waals surface area contributed by atoms with E-state index in [-0.39, 0.29) is 24.3 Å². The van der Waals surface area contributed by atoms with Gasteiger partial charge in [0.2, 0.25) is 5.91 Å². The van der Waals surface area contributed by atoms with Crippen LogP contribution in [-0.4, -0.2) is 33.8 Å². The second-order valence-corrected chi connectivity index (χ2v) is 5.83. The molecule has 1 atom stereocenters. The monoisotopic (exact) mass is 325 g/mol. The number of nitrogens with one attached hydrogen (secondary N) is 1. The number of pyridine rings is 1. The lowest BCUT2D eigenvalue weighted by Crippen LogP contribution is -2.39. The summed E-state index contributed by atoms with van der Waals surface area (Å²) in [4.78, 5) is 29.5. The largest absolute Gasteiger partial charge is 0.358 e. The van der Waals surface area contributed by atoms with Gasteiger partial charge in [0.1, 0.15) is 11.9 Å². The highest BCUT2D eigenvalue weighted by Crippen LogP contribution is 2.22. The molecule has 0 aliphatic carbocycles. The molecule has 2 heterocycles. The van der Waals surface area contributed by atoms with Crippen molar-refractivity contribution in [3.05, 3.63) is 22.3 Å². The molecule has 102 valence electrons. The fourth-order valence-corrected chi connectivity index (χ4v) is 2.61. The van der Waals surface area contributed by atoms with E-state index in [1.807, 2.05) is 26.8 Å². The number of aromatic nitrogens is 1. The molecule has 1 N–H and O–H groups in total. The van der Waals surface area contributed by atoms with Crippen LogP contribution in [0.3, 0.4) is 0 Å². The average Bonchev–Trinajstić information content (AvgIpc) is 2.58. The first kappa shape index (κ1) is 14.0. The number of hydrogen-bond acceptors (Lipinski definition) is 4. The highest BCUT2D eigenvalue weighted by Gasteiger charge is 2.40. The van der Waals surface area contributed by atoms with E-state index >= 15 is 0 Å². The molecule has 1 aromatic rings. The Bertz CT molecular complexity index is 531. The molecule has 2 rings (SSSR count). The van der Waals surface area contributed by atoms with Crippen molar-refractivity contribution in [1.29, 1.82) is 0 Å². The van der Waals surface area contributed by atoms with Crippen LogP contribution in [-0.2, 0) is 9.59 Å². The van der Waals surface area contributed by atoms with Gasteiger partial charge in [-0.3, -0.25) is 14.5 Å². The van der Waals surface area contributed by atoms with Crippen molar-refractivity contribution in [2.45, 2.75) is 39.3 Å². The Labute approximate surface area is 120 Å². The highest BCUT2D eigenvalue weighted by molar-refractivity contribution is 9.10. The summed E-state index contributed by atoms with van der Waals surface area (Å²) < 4.78 is 0.883. The Hall–Kier alpha value is -1.43. The number of anilines is 1. The molecule has 0 radical (unpaired) electrons. The fourth-order valence-electron chi connectivity index (χ4n) is 2.16. The quantitative estimate of drug-likeness (QED) is 0.864. The molecule has 1 saturated heterocycles. The maximum absolute atomic E-state index is 12.1. The van der Waals surface area contributed by atoms with E-state index in [1.165, 1.54) is 4.90 Å². The number of likely N-dealkylation sites (tertiary alicyclic amines) is 1. The second kappa shape index (κ2) is 5.28. The molecule has 0 bridgehead atoms. The Morgan fingerprint density at radius 2 is 2.16 bits per heavy atom. The van der Waals surface area contributed by atoms with Crippen LogP contribution in [0.2, 0.25) is 0 Å². The van der Waals surface area contributed by atoms with Crippen molar-refractivity contribution in [3.8, 4) is 0 Å². The van der Waals surface area contributed by atoms with E-state index in [1.54, 1.807) is 6.20 Å². The Balaban J connectivity index is 2.16. The SMILES string of the molecule is Cc1cc(Br)cnc1NC1CC(=O)N(C(C)C)C1=O. The molecule has 1 unspecified atom stereocenters. The maximum Gasteiger partial charge on any atom is 0.252 e. The first-order valence-corrected chi connectivity index (χ1v) is 6.94. The first-order valence-electron chi connectivity index (χ1n) is 6.14. The van der Waals surface area contributed by atoms with Gasteiger partial charge in [-0.05, 0) is 48.3 Å². The number of nitrogens with zero attached hydrogens (tertiary/aromatic N) is 2. The summed E-state index contributed by atoms with van der Waals surface area (Å²) in [5.41, 5.74) is 0.928. The van der Waals surface area contributed by atoms with Crippen molar-refractivity contribution >= 4 is 33.6 Å². The molecular weight excluding hydrogens is 310 g/mol. The topological polar surface area (TPSA) is 62.3 Å². The maximum atomic E-state index is 12.1. The molecule has 19 heavy (non-hydrogen) atoms. The Morgan fingerprint density at radius 3 is 2.68 bits per heavy atom. The van der Waals surface area contributed by atoms with E-state index in [2.05, 4.69) is 26.2 Å². The predicted molar refractivity (Wildman–Crippen MR) is 75.7 cm³/mol. The predicted octanol–water partition coefficient (Wildman–Crippen LogP) is 2.10. The second-order valence-electron chi connectivity index (χ2n) is 4.92. The van der Waals surface area contributed by atoms with Crippen LogP contribution in [0, 0.1) is 6.92 Å². The summed E-state index contributed by atoms with van der Waals surface area (Å²) in [7, 11) is 0. The van der Waals surface area contributed by atoms with Gasteiger partial charge in [0.05, 0.1) is 6.42 Å². The van der Waals surface area contributed by atoms with Gasteiger partial charge in [0.25, 0.3) is 5.91 Å². The first-order chi connectivity index (χ1) is 8.90. The van der Waals surface area contributed by atoms with Crippen LogP contribution in [0.15, 0.2) is 16.7 Å². The molecular formula is C13H16BrN3O2. The van der Waals surface area contributed by atoms with Crippen LogP contribution in [0.1, 0.15) is 25.8 Å². The van der Waals surface area contributed by atoms with Crippen molar-refractivity contribution in [2.24, 2.45) is 0 Å². The number of rotatable bonds is 3. The minimum Gasteiger partial charge on any atom is -0.358 e. The van der Waals surface area contributed by atoms with Crippen LogP contribution in [0.25, 0.3) is 0 Å². The van der Waals surface area contributed by atoms with Gasteiger partial charge < -0.3 is 5.32 Å². The van der Waals surface area contributed by atoms with Gasteiger partial charge in [0.15, 0.2) is 0 Å².